The SMILES string of the molecule is CC(=O)c1ccc(OCc2ccc(Cl)c(Cl)c2)c(F)c1. The van der Waals surface area contributed by atoms with Crippen LogP contribution in [0.5, 0.6) is 5.75 Å². The van der Waals surface area contributed by atoms with Crippen molar-refractivity contribution < 1.29 is 13.9 Å². The summed E-state index contributed by atoms with van der Waals surface area (Å²) in [4.78, 5) is 11.1. The number of rotatable bonds is 4. The van der Waals surface area contributed by atoms with Gasteiger partial charge in [-0.1, -0.05) is 29.3 Å². The standard InChI is InChI=1S/C15H11Cl2FO2/c1-9(19)11-3-5-15(14(18)7-11)20-8-10-2-4-12(16)13(17)6-10/h2-7H,8H2,1H3. The van der Waals surface area contributed by atoms with Crippen LogP contribution in [0.4, 0.5) is 4.39 Å². The molecule has 0 atom stereocenters. The van der Waals surface area contributed by atoms with E-state index in [0.29, 0.717) is 15.6 Å². The van der Waals surface area contributed by atoms with Crippen molar-refractivity contribution in [3.8, 4) is 5.75 Å². The molecule has 2 aromatic rings. The summed E-state index contributed by atoms with van der Waals surface area (Å²) in [5, 5.41) is 0.868. The molecule has 0 aliphatic heterocycles. The zero-order valence-corrected chi connectivity index (χ0v) is 12.1. The van der Waals surface area contributed by atoms with Gasteiger partial charge in [0.25, 0.3) is 0 Å². The highest BCUT2D eigenvalue weighted by Crippen LogP contribution is 2.24. The van der Waals surface area contributed by atoms with Crippen LogP contribution in [0.1, 0.15) is 22.8 Å². The topological polar surface area (TPSA) is 26.3 Å². The minimum absolute atomic E-state index is 0.0843. The summed E-state index contributed by atoms with van der Waals surface area (Å²) in [6.07, 6.45) is 0. The van der Waals surface area contributed by atoms with E-state index in [4.69, 9.17) is 27.9 Å². The molecule has 0 radical (unpaired) electrons. The molecule has 0 amide bonds. The molecule has 0 heterocycles. The van der Waals surface area contributed by atoms with Gasteiger partial charge in [0.05, 0.1) is 10.0 Å². The van der Waals surface area contributed by atoms with Crippen molar-refractivity contribution >= 4 is 29.0 Å². The van der Waals surface area contributed by atoms with E-state index in [1.54, 1.807) is 18.2 Å². The summed E-state index contributed by atoms with van der Waals surface area (Å²) in [5.74, 6) is -0.682. The van der Waals surface area contributed by atoms with Crippen molar-refractivity contribution in [2.45, 2.75) is 13.5 Å². The molecule has 0 saturated heterocycles. The van der Waals surface area contributed by atoms with E-state index >= 15 is 0 Å². The molecule has 20 heavy (non-hydrogen) atoms. The third kappa shape index (κ3) is 3.50. The van der Waals surface area contributed by atoms with Gasteiger partial charge in [0.15, 0.2) is 17.3 Å². The van der Waals surface area contributed by atoms with Crippen molar-refractivity contribution in [1.82, 2.24) is 0 Å². The maximum absolute atomic E-state index is 13.7. The molecule has 0 aliphatic rings. The maximum Gasteiger partial charge on any atom is 0.165 e. The Balaban J connectivity index is 2.10. The number of carbonyl (C=O) groups excluding carboxylic acids is 1. The van der Waals surface area contributed by atoms with Crippen molar-refractivity contribution in [3.05, 3.63) is 63.4 Å². The molecule has 0 aliphatic carbocycles. The van der Waals surface area contributed by atoms with Crippen LogP contribution in [0.15, 0.2) is 36.4 Å². The molecular formula is C15H11Cl2FO2. The molecule has 0 spiro atoms. The first-order chi connectivity index (χ1) is 9.47. The number of hydrogen-bond acceptors (Lipinski definition) is 2. The van der Waals surface area contributed by atoms with Gasteiger partial charge < -0.3 is 4.74 Å². The fourth-order valence-electron chi connectivity index (χ4n) is 1.63. The third-order valence-corrected chi connectivity index (χ3v) is 3.46. The molecule has 2 aromatic carbocycles. The summed E-state index contributed by atoms with van der Waals surface area (Å²) >= 11 is 11.7. The summed E-state index contributed by atoms with van der Waals surface area (Å²) in [6, 6.07) is 9.17. The number of Topliss-reactive ketones (excluding diaryl/α,β-unsaturated/α-hetero) is 1. The molecule has 0 unspecified atom stereocenters. The van der Waals surface area contributed by atoms with Crippen LogP contribution in [-0.2, 0) is 6.61 Å². The van der Waals surface area contributed by atoms with Crippen LogP contribution >= 0.6 is 23.2 Å². The first-order valence-electron chi connectivity index (χ1n) is 5.84. The second-order valence-corrected chi connectivity index (χ2v) is 5.05. The number of ether oxygens (including phenoxy) is 1. The van der Waals surface area contributed by atoms with Gasteiger partial charge in [-0.2, -0.15) is 0 Å². The van der Waals surface area contributed by atoms with E-state index in [-0.39, 0.29) is 18.1 Å². The molecular weight excluding hydrogens is 302 g/mol. The lowest BCUT2D eigenvalue weighted by Crippen LogP contribution is -1.99. The Bertz CT molecular complexity index is 656. The molecule has 0 saturated carbocycles. The minimum atomic E-state index is -0.572. The van der Waals surface area contributed by atoms with Crippen molar-refractivity contribution in [3.63, 3.8) is 0 Å². The Morgan fingerprint density at radius 3 is 2.50 bits per heavy atom. The van der Waals surface area contributed by atoms with E-state index in [0.717, 1.165) is 11.6 Å². The van der Waals surface area contributed by atoms with Crippen molar-refractivity contribution in [2.24, 2.45) is 0 Å². The Morgan fingerprint density at radius 1 is 1.15 bits per heavy atom. The van der Waals surface area contributed by atoms with Gasteiger partial charge in [0.2, 0.25) is 0 Å². The number of halogens is 3. The molecule has 2 rings (SSSR count). The van der Waals surface area contributed by atoms with Crippen LogP contribution in [0.25, 0.3) is 0 Å². The highest BCUT2D eigenvalue weighted by molar-refractivity contribution is 6.42. The number of carbonyl (C=O) groups is 1. The molecule has 0 bridgehead atoms. The summed E-state index contributed by atoms with van der Waals surface area (Å²) in [7, 11) is 0. The van der Waals surface area contributed by atoms with Gasteiger partial charge in [-0.15, -0.1) is 0 Å². The van der Waals surface area contributed by atoms with Crippen LogP contribution < -0.4 is 4.74 Å². The van der Waals surface area contributed by atoms with Crippen LogP contribution in [0.2, 0.25) is 10.0 Å². The van der Waals surface area contributed by atoms with Gasteiger partial charge in [-0.3, -0.25) is 4.79 Å². The van der Waals surface area contributed by atoms with Gasteiger partial charge in [0, 0.05) is 5.56 Å². The Labute approximate surface area is 126 Å². The predicted molar refractivity (Wildman–Crippen MR) is 77.2 cm³/mol. The zero-order chi connectivity index (χ0) is 14.7. The van der Waals surface area contributed by atoms with Crippen LogP contribution in [0, 0.1) is 5.82 Å². The minimum Gasteiger partial charge on any atom is -0.486 e. The van der Waals surface area contributed by atoms with Gasteiger partial charge >= 0.3 is 0 Å². The smallest absolute Gasteiger partial charge is 0.165 e. The molecule has 0 N–H and O–H groups in total. The van der Waals surface area contributed by atoms with E-state index in [1.165, 1.54) is 19.1 Å². The van der Waals surface area contributed by atoms with Crippen molar-refractivity contribution in [1.29, 1.82) is 0 Å². The normalized spacial score (nSPS) is 10.4. The lowest BCUT2D eigenvalue weighted by atomic mass is 10.1. The molecule has 2 nitrogen and oxygen atoms in total. The van der Waals surface area contributed by atoms with Crippen LogP contribution in [-0.4, -0.2) is 5.78 Å². The lowest BCUT2D eigenvalue weighted by Gasteiger charge is -2.08. The monoisotopic (exact) mass is 312 g/mol. The van der Waals surface area contributed by atoms with E-state index in [2.05, 4.69) is 0 Å². The molecule has 0 aromatic heterocycles. The molecule has 104 valence electrons. The third-order valence-electron chi connectivity index (χ3n) is 2.72. The predicted octanol–water partition coefficient (Wildman–Crippen LogP) is 4.91. The Kier molecular flexibility index (Phi) is 4.63. The summed E-state index contributed by atoms with van der Waals surface area (Å²) in [6.45, 7) is 1.54. The molecule has 5 heteroatoms. The maximum atomic E-state index is 13.7. The van der Waals surface area contributed by atoms with E-state index < -0.39 is 5.82 Å². The first kappa shape index (κ1) is 14.8. The lowest BCUT2D eigenvalue weighted by molar-refractivity contribution is 0.101. The Morgan fingerprint density at radius 2 is 1.90 bits per heavy atom. The average Bonchev–Trinajstić information content (AvgIpc) is 2.41. The number of benzene rings is 2. The fourth-order valence-corrected chi connectivity index (χ4v) is 1.95. The highest BCUT2D eigenvalue weighted by Gasteiger charge is 2.08. The second kappa shape index (κ2) is 6.25. The number of hydrogen-bond donors (Lipinski definition) is 0. The van der Waals surface area contributed by atoms with E-state index in [1.807, 2.05) is 0 Å². The second-order valence-electron chi connectivity index (χ2n) is 4.24. The summed E-state index contributed by atoms with van der Waals surface area (Å²) < 4.78 is 19.1. The number of ketones is 1. The first-order valence-corrected chi connectivity index (χ1v) is 6.60. The fraction of sp³-hybridized carbons (Fsp3) is 0.133. The van der Waals surface area contributed by atoms with E-state index in [9.17, 15) is 9.18 Å². The Hall–Kier alpha value is -1.58. The molecule has 0 fully saturated rings. The van der Waals surface area contributed by atoms with Crippen LogP contribution in [0.3, 0.4) is 0 Å². The van der Waals surface area contributed by atoms with Gasteiger partial charge in [-0.05, 0) is 42.8 Å². The van der Waals surface area contributed by atoms with Gasteiger partial charge in [-0.25, -0.2) is 4.39 Å². The summed E-state index contributed by atoms with van der Waals surface area (Å²) in [5.41, 5.74) is 1.08. The van der Waals surface area contributed by atoms with Crippen molar-refractivity contribution in [2.75, 3.05) is 0 Å². The highest BCUT2D eigenvalue weighted by atomic mass is 35.5. The quantitative estimate of drug-likeness (QED) is 0.749. The van der Waals surface area contributed by atoms with Gasteiger partial charge in [0.1, 0.15) is 6.61 Å². The zero-order valence-electron chi connectivity index (χ0n) is 10.6. The largest absolute Gasteiger partial charge is 0.486 e. The average molecular weight is 313 g/mol.